The molecular weight excluding hydrogens is 323 g/mol. The van der Waals surface area contributed by atoms with Crippen LogP contribution < -0.4 is 0 Å². The van der Waals surface area contributed by atoms with E-state index in [9.17, 15) is 9.79 Å². The van der Waals surface area contributed by atoms with E-state index in [1.807, 2.05) is 40.1 Å². The molecule has 0 unspecified atom stereocenters. The Kier molecular flexibility index (Phi) is 10.1. The van der Waals surface area contributed by atoms with Gasteiger partial charge in [0, 0.05) is 0 Å². The predicted octanol–water partition coefficient (Wildman–Crippen LogP) is 5.19. The molecule has 0 aliphatic carbocycles. The van der Waals surface area contributed by atoms with Gasteiger partial charge in [-0.25, -0.2) is 0 Å². The molecular formula is C18H39N2O3P. The van der Waals surface area contributed by atoms with Gasteiger partial charge in [-0.2, -0.15) is 0 Å². The Bertz CT molecular complexity index is 394. The number of hydrogen-bond donors (Lipinski definition) is 2. The first-order valence-corrected chi connectivity index (χ1v) is 11.1. The first-order valence-electron chi connectivity index (χ1n) is 9.12. The van der Waals surface area contributed by atoms with Crippen molar-refractivity contribution < 1.29 is 14.3 Å². The molecule has 0 aromatic rings. The molecule has 6 heteroatoms. The molecule has 0 rings (SSSR count). The summed E-state index contributed by atoms with van der Waals surface area (Å²) in [6.45, 7) is 15.2. The molecule has 24 heavy (non-hydrogen) atoms. The molecule has 0 radical (unpaired) electrons. The van der Waals surface area contributed by atoms with Gasteiger partial charge in [-0.15, -0.1) is 0 Å². The second-order valence-electron chi connectivity index (χ2n) is 6.73. The number of allylic oxidation sites excluding steroid dienone is 2. The van der Waals surface area contributed by atoms with Gasteiger partial charge >= 0.3 is 149 Å². The number of nitrogens with zero attached hydrogens (tertiary/aromatic N) is 2. The fourth-order valence-corrected chi connectivity index (χ4v) is 5.35. The van der Waals surface area contributed by atoms with Crippen molar-refractivity contribution >= 4 is 7.59 Å². The summed E-state index contributed by atoms with van der Waals surface area (Å²) in [5, 5.41) is 0. The zero-order valence-corrected chi connectivity index (χ0v) is 17.6. The van der Waals surface area contributed by atoms with E-state index in [0.717, 1.165) is 36.8 Å². The molecule has 5 nitrogen and oxygen atoms in total. The van der Waals surface area contributed by atoms with E-state index in [1.54, 1.807) is 16.3 Å². The van der Waals surface area contributed by atoms with E-state index < -0.39 is 7.59 Å². The van der Waals surface area contributed by atoms with Crippen molar-refractivity contribution in [3.05, 3.63) is 23.5 Å². The van der Waals surface area contributed by atoms with Gasteiger partial charge in [-0.3, -0.25) is 0 Å². The Hall–Kier alpha value is -0.610. The quantitative estimate of drug-likeness (QED) is 0.468. The molecule has 0 saturated heterocycles. The topological polar surface area (TPSA) is 56.2 Å². The molecule has 0 atom stereocenters. The van der Waals surface area contributed by atoms with Gasteiger partial charge in [0.25, 0.3) is 0 Å². The minimum absolute atomic E-state index is 0.239. The molecule has 0 saturated carbocycles. The Balaban J connectivity index is 6.09. The van der Waals surface area contributed by atoms with Crippen LogP contribution in [0.2, 0.25) is 0 Å². The molecule has 0 amide bonds. The molecule has 0 aliphatic rings. The van der Waals surface area contributed by atoms with Gasteiger partial charge in [-0.1, -0.05) is 0 Å². The Labute approximate surface area is 149 Å². The van der Waals surface area contributed by atoms with E-state index >= 15 is 0 Å². The maximum atomic E-state index is 11.6. The number of hydrogen-bond acceptors (Lipinski definition) is 5. The zero-order valence-electron chi connectivity index (χ0n) is 16.7. The number of unbranched alkanes of at least 4 members (excludes halogenated alkanes) is 2. The summed E-state index contributed by atoms with van der Waals surface area (Å²) < 4.78 is 9.03. The molecule has 2 N–H and O–H groups in total. The van der Waals surface area contributed by atoms with Crippen molar-refractivity contribution in [3.8, 4) is 0 Å². The number of rotatable bonds is 12. The van der Waals surface area contributed by atoms with Crippen LogP contribution in [0.3, 0.4) is 0 Å². The summed E-state index contributed by atoms with van der Waals surface area (Å²) in [5.74, 6) is 0. The summed E-state index contributed by atoms with van der Waals surface area (Å²) in [4.78, 5) is 23.1. The van der Waals surface area contributed by atoms with Crippen molar-refractivity contribution in [3.63, 3.8) is 0 Å². The molecule has 0 bridgehead atoms. The fourth-order valence-electron chi connectivity index (χ4n) is 2.44. The SMILES string of the molecule is CCCCN(C=C(C)C)P(O)(O)(OCC)N(C=C(C)C)CCCC. The first kappa shape index (κ1) is 23.4. The zero-order chi connectivity index (χ0) is 18.8. The van der Waals surface area contributed by atoms with Crippen LogP contribution in [-0.2, 0) is 4.52 Å². The third-order valence-electron chi connectivity index (χ3n) is 3.56. The molecule has 144 valence electrons. The average Bonchev–Trinajstić information content (AvgIpc) is 2.47. The van der Waals surface area contributed by atoms with Crippen molar-refractivity contribution in [2.24, 2.45) is 0 Å². The third kappa shape index (κ3) is 6.72. The van der Waals surface area contributed by atoms with Gasteiger partial charge in [0.2, 0.25) is 0 Å². The van der Waals surface area contributed by atoms with E-state index in [2.05, 4.69) is 13.8 Å². The van der Waals surface area contributed by atoms with Gasteiger partial charge in [-0.05, 0) is 0 Å². The minimum atomic E-state index is -4.69. The monoisotopic (exact) mass is 362 g/mol. The van der Waals surface area contributed by atoms with Crippen LogP contribution in [0.15, 0.2) is 23.5 Å². The summed E-state index contributed by atoms with van der Waals surface area (Å²) in [6, 6.07) is 0. The van der Waals surface area contributed by atoms with Crippen LogP contribution in [0.1, 0.15) is 74.1 Å². The third-order valence-corrected chi connectivity index (χ3v) is 6.70. The van der Waals surface area contributed by atoms with Crippen LogP contribution in [0.25, 0.3) is 0 Å². The second kappa shape index (κ2) is 10.4. The van der Waals surface area contributed by atoms with E-state index in [0.29, 0.717) is 13.1 Å². The van der Waals surface area contributed by atoms with Crippen LogP contribution in [-0.4, -0.2) is 38.8 Å². The predicted molar refractivity (Wildman–Crippen MR) is 105 cm³/mol. The fraction of sp³-hybridized carbons (Fsp3) is 0.778. The van der Waals surface area contributed by atoms with Crippen LogP contribution in [0.5, 0.6) is 0 Å². The van der Waals surface area contributed by atoms with Gasteiger partial charge in [0.1, 0.15) is 0 Å². The Morgan fingerprint density at radius 1 is 0.833 bits per heavy atom. The van der Waals surface area contributed by atoms with Crippen molar-refractivity contribution in [1.29, 1.82) is 0 Å². The summed E-state index contributed by atoms with van der Waals surface area (Å²) in [6.07, 6.45) is 7.33. The van der Waals surface area contributed by atoms with Crippen LogP contribution in [0.4, 0.5) is 0 Å². The second-order valence-corrected chi connectivity index (χ2v) is 9.74. The van der Waals surface area contributed by atoms with Crippen LogP contribution in [0, 0.1) is 0 Å². The molecule has 0 fully saturated rings. The summed E-state index contributed by atoms with van der Waals surface area (Å²) in [7, 11) is -4.69. The molecule has 0 heterocycles. The molecule has 0 spiro atoms. The van der Waals surface area contributed by atoms with Crippen molar-refractivity contribution in [2.75, 3.05) is 19.7 Å². The first-order chi connectivity index (χ1) is 11.1. The molecule has 0 aromatic carbocycles. The Morgan fingerprint density at radius 3 is 1.46 bits per heavy atom. The average molecular weight is 362 g/mol. The maximum absolute atomic E-state index is 11.6. The van der Waals surface area contributed by atoms with Gasteiger partial charge < -0.3 is 0 Å². The van der Waals surface area contributed by atoms with Crippen molar-refractivity contribution in [1.82, 2.24) is 9.34 Å². The summed E-state index contributed by atoms with van der Waals surface area (Å²) in [5.41, 5.74) is 2.02. The van der Waals surface area contributed by atoms with E-state index in [-0.39, 0.29) is 6.61 Å². The Morgan fingerprint density at radius 2 is 1.21 bits per heavy atom. The molecule has 0 aromatic heterocycles. The standard InChI is InChI=1S/C18H39N2O3P/c1-8-11-13-19(15-17(4)5)24(21,22,23-10-3)20(14-12-9-2)16-18(6)7/h15-16,21-22H,8-14H2,1-7H3. The van der Waals surface area contributed by atoms with E-state index in [1.165, 1.54) is 0 Å². The summed E-state index contributed by atoms with van der Waals surface area (Å²) >= 11 is 0. The van der Waals surface area contributed by atoms with Crippen LogP contribution >= 0.6 is 7.59 Å². The molecule has 0 aliphatic heterocycles. The normalized spacial score (nSPS) is 13.0. The van der Waals surface area contributed by atoms with E-state index in [4.69, 9.17) is 4.52 Å². The van der Waals surface area contributed by atoms with Gasteiger partial charge in [0.05, 0.1) is 0 Å². The van der Waals surface area contributed by atoms with Gasteiger partial charge in [0.15, 0.2) is 0 Å². The van der Waals surface area contributed by atoms with Crippen molar-refractivity contribution in [2.45, 2.75) is 74.1 Å².